The molecule has 1 fully saturated rings. The van der Waals surface area contributed by atoms with Crippen molar-refractivity contribution in [3.8, 4) is 5.69 Å². The molecule has 2 aromatic carbocycles. The molecule has 0 radical (unpaired) electrons. The molecule has 0 saturated carbocycles. The third-order valence-electron chi connectivity index (χ3n) is 7.22. The van der Waals surface area contributed by atoms with Crippen LogP contribution in [0, 0.1) is 13.8 Å². The van der Waals surface area contributed by atoms with Crippen LogP contribution in [-0.2, 0) is 20.8 Å². The van der Waals surface area contributed by atoms with Crippen molar-refractivity contribution in [2.75, 3.05) is 52.5 Å². The predicted molar refractivity (Wildman–Crippen MR) is 154 cm³/mol. The fraction of sp³-hybridized carbons (Fsp3) is 0.448. The van der Waals surface area contributed by atoms with Crippen molar-refractivity contribution in [1.82, 2.24) is 18.9 Å². The number of nitrogens with zero attached hydrogens (tertiary/aromatic N) is 4. The van der Waals surface area contributed by atoms with Crippen LogP contribution in [0.25, 0.3) is 16.6 Å². The Labute approximate surface area is 237 Å². The van der Waals surface area contributed by atoms with Crippen LogP contribution in [0.4, 0.5) is 0 Å². The van der Waals surface area contributed by atoms with Crippen LogP contribution in [0.1, 0.15) is 35.3 Å². The molecule has 3 aromatic rings. The largest absolute Gasteiger partial charge is 0.465 e. The van der Waals surface area contributed by atoms with Gasteiger partial charge >= 0.3 is 17.6 Å². The molecule has 1 saturated heterocycles. The summed E-state index contributed by atoms with van der Waals surface area (Å²) < 4.78 is 13.0. The van der Waals surface area contributed by atoms with Gasteiger partial charge in [0.25, 0.3) is 5.56 Å². The molecule has 0 aliphatic carbocycles. The van der Waals surface area contributed by atoms with Gasteiger partial charge in [-0.1, -0.05) is 23.7 Å². The number of hydrogen-bond donors (Lipinski definition) is 0. The molecule has 40 heavy (non-hydrogen) atoms. The molecule has 0 bridgehead atoms. The van der Waals surface area contributed by atoms with E-state index in [0.717, 1.165) is 17.7 Å². The van der Waals surface area contributed by atoms with E-state index in [1.54, 1.807) is 62.6 Å². The molecule has 1 aromatic heterocycles. The molecule has 4 rings (SSSR count). The topological polar surface area (TPSA) is 103 Å². The molecule has 0 spiro atoms. The smallest absolute Gasteiger partial charge is 0.338 e. The summed E-state index contributed by atoms with van der Waals surface area (Å²) in [6.45, 7) is 11.5. The Kier molecular flexibility index (Phi) is 9.44. The van der Waals surface area contributed by atoms with Crippen molar-refractivity contribution >= 4 is 34.4 Å². The Hall–Kier alpha value is -3.47. The number of carbonyl (C=O) groups is 2. The summed E-state index contributed by atoms with van der Waals surface area (Å²) in [6, 6.07) is 8.40. The van der Waals surface area contributed by atoms with E-state index in [9.17, 15) is 19.2 Å². The van der Waals surface area contributed by atoms with Crippen LogP contribution >= 0.6 is 11.6 Å². The molecule has 214 valence electrons. The number of aryl methyl sites for hydroxylation is 2. The number of halogens is 1. The first-order chi connectivity index (χ1) is 19.2. The van der Waals surface area contributed by atoms with E-state index < -0.39 is 17.2 Å². The van der Waals surface area contributed by atoms with E-state index in [4.69, 9.17) is 21.1 Å². The number of carbonyl (C=O) groups excluding carboxylic acids is 2. The van der Waals surface area contributed by atoms with Gasteiger partial charge in [-0.05, 0) is 57.0 Å². The maximum Gasteiger partial charge on any atom is 0.338 e. The quantitative estimate of drug-likeness (QED) is 0.362. The summed E-state index contributed by atoms with van der Waals surface area (Å²) >= 11 is 6.43. The van der Waals surface area contributed by atoms with Gasteiger partial charge in [-0.15, -0.1) is 0 Å². The van der Waals surface area contributed by atoms with Gasteiger partial charge in [0.05, 0.1) is 46.9 Å². The van der Waals surface area contributed by atoms with Crippen molar-refractivity contribution in [3.63, 3.8) is 0 Å². The van der Waals surface area contributed by atoms with Crippen LogP contribution < -0.4 is 11.2 Å². The Morgan fingerprint density at radius 2 is 1.57 bits per heavy atom. The van der Waals surface area contributed by atoms with Gasteiger partial charge < -0.3 is 9.47 Å². The van der Waals surface area contributed by atoms with E-state index in [0.29, 0.717) is 55.0 Å². The van der Waals surface area contributed by atoms with Gasteiger partial charge in [0, 0.05) is 39.3 Å². The lowest BCUT2D eigenvalue weighted by molar-refractivity contribution is -0.144. The summed E-state index contributed by atoms with van der Waals surface area (Å²) in [5.74, 6) is -0.745. The van der Waals surface area contributed by atoms with Crippen molar-refractivity contribution in [2.24, 2.45) is 0 Å². The van der Waals surface area contributed by atoms with Crippen LogP contribution in [-0.4, -0.2) is 83.4 Å². The van der Waals surface area contributed by atoms with Gasteiger partial charge in [-0.2, -0.15) is 0 Å². The van der Waals surface area contributed by atoms with Crippen LogP contribution in [0.2, 0.25) is 5.02 Å². The normalized spacial score (nSPS) is 14.4. The second-order valence-corrected chi connectivity index (χ2v) is 10.2. The van der Waals surface area contributed by atoms with E-state index >= 15 is 0 Å². The second kappa shape index (κ2) is 12.8. The van der Waals surface area contributed by atoms with Crippen LogP contribution in [0.15, 0.2) is 39.9 Å². The number of rotatable bonds is 9. The number of para-hydroxylation sites is 1. The third-order valence-corrected chi connectivity index (χ3v) is 7.54. The first-order valence-corrected chi connectivity index (χ1v) is 13.9. The first-order valence-electron chi connectivity index (χ1n) is 13.5. The SMILES string of the molecule is CCOC(=O)CN1CCN(CCn2c(=O)n(-c3ccccc3Cl)c(=O)c3c(C)c(C(=O)OCC)c(C)cc32)CC1. The summed E-state index contributed by atoms with van der Waals surface area (Å²) in [4.78, 5) is 56.7. The molecule has 11 heteroatoms. The second-order valence-electron chi connectivity index (χ2n) is 9.76. The average Bonchev–Trinajstić information content (AvgIpc) is 2.90. The molecule has 10 nitrogen and oxygen atoms in total. The number of piperazine rings is 1. The highest BCUT2D eigenvalue weighted by atomic mass is 35.5. The zero-order valence-corrected chi connectivity index (χ0v) is 24.1. The van der Waals surface area contributed by atoms with Crippen molar-refractivity contribution in [1.29, 1.82) is 0 Å². The number of hydrogen-bond acceptors (Lipinski definition) is 8. The van der Waals surface area contributed by atoms with E-state index in [-0.39, 0.29) is 35.2 Å². The summed E-state index contributed by atoms with van der Waals surface area (Å²) in [6.07, 6.45) is 0. The fourth-order valence-electron chi connectivity index (χ4n) is 5.25. The van der Waals surface area contributed by atoms with E-state index in [1.165, 1.54) is 0 Å². The maximum atomic E-state index is 13.9. The Morgan fingerprint density at radius 1 is 0.925 bits per heavy atom. The number of aromatic nitrogens is 2. The van der Waals surface area contributed by atoms with Gasteiger partial charge in [0.1, 0.15) is 0 Å². The zero-order valence-electron chi connectivity index (χ0n) is 23.4. The van der Waals surface area contributed by atoms with Crippen molar-refractivity contribution < 1.29 is 19.1 Å². The van der Waals surface area contributed by atoms with Crippen molar-refractivity contribution in [2.45, 2.75) is 34.2 Å². The number of fused-ring (bicyclic) bond motifs is 1. The molecule has 0 atom stereocenters. The minimum absolute atomic E-state index is 0.201. The minimum Gasteiger partial charge on any atom is -0.465 e. The molecular weight excluding hydrogens is 536 g/mol. The summed E-state index contributed by atoms with van der Waals surface area (Å²) in [5.41, 5.74) is 1.09. The molecule has 0 unspecified atom stereocenters. The molecule has 2 heterocycles. The molecule has 0 N–H and O–H groups in total. The summed E-state index contributed by atoms with van der Waals surface area (Å²) in [7, 11) is 0. The van der Waals surface area contributed by atoms with E-state index in [1.807, 2.05) is 0 Å². The van der Waals surface area contributed by atoms with Gasteiger partial charge in [-0.3, -0.25) is 24.0 Å². The Balaban J connectivity index is 1.75. The monoisotopic (exact) mass is 570 g/mol. The molecule has 1 aliphatic rings. The van der Waals surface area contributed by atoms with E-state index in [2.05, 4.69) is 9.80 Å². The minimum atomic E-state index is -0.542. The average molecular weight is 571 g/mol. The zero-order chi connectivity index (χ0) is 29.0. The highest BCUT2D eigenvalue weighted by molar-refractivity contribution is 6.32. The lowest BCUT2D eigenvalue weighted by Crippen LogP contribution is -2.49. The Bertz CT molecular complexity index is 1540. The Morgan fingerprint density at radius 3 is 2.23 bits per heavy atom. The number of benzene rings is 2. The van der Waals surface area contributed by atoms with Gasteiger partial charge in [-0.25, -0.2) is 14.2 Å². The first kappa shape index (κ1) is 29.5. The standard InChI is InChI=1S/C29H35ClN4O6/c1-5-39-24(35)18-32-13-11-31(12-14-32)15-16-33-23-17-19(3)25(28(37)40-6-2)20(4)26(23)27(36)34(29(33)38)22-10-8-7-9-21(22)30/h7-10,17H,5-6,11-16,18H2,1-4H3. The van der Waals surface area contributed by atoms with Crippen molar-refractivity contribution in [3.05, 3.63) is 72.9 Å². The highest BCUT2D eigenvalue weighted by Crippen LogP contribution is 2.25. The van der Waals surface area contributed by atoms with Crippen LogP contribution in [0.5, 0.6) is 0 Å². The third kappa shape index (κ3) is 5.99. The van der Waals surface area contributed by atoms with Crippen LogP contribution in [0.3, 0.4) is 0 Å². The highest BCUT2D eigenvalue weighted by Gasteiger charge is 2.25. The molecule has 0 amide bonds. The van der Waals surface area contributed by atoms with Gasteiger partial charge in [0.2, 0.25) is 0 Å². The fourth-order valence-corrected chi connectivity index (χ4v) is 5.47. The number of esters is 2. The lowest BCUT2D eigenvalue weighted by Gasteiger charge is -2.34. The maximum absolute atomic E-state index is 13.9. The molecule has 1 aliphatic heterocycles. The molecular formula is C29H35ClN4O6. The van der Waals surface area contributed by atoms with Gasteiger partial charge in [0.15, 0.2) is 0 Å². The lowest BCUT2D eigenvalue weighted by atomic mass is 9.98. The summed E-state index contributed by atoms with van der Waals surface area (Å²) in [5, 5.41) is 0.535. The predicted octanol–water partition coefficient (Wildman–Crippen LogP) is 2.78. The number of ether oxygens (including phenoxy) is 2.